The number of pyridine rings is 1. The van der Waals surface area contributed by atoms with Gasteiger partial charge in [0.05, 0.1) is 22.6 Å². The lowest BCUT2D eigenvalue weighted by atomic mass is 9.91. The van der Waals surface area contributed by atoms with Crippen LogP contribution in [0.3, 0.4) is 0 Å². The Labute approximate surface area is 334 Å². The van der Waals surface area contributed by atoms with Gasteiger partial charge in [-0.2, -0.15) is 0 Å². The lowest BCUT2D eigenvalue weighted by Gasteiger charge is -2.16. The van der Waals surface area contributed by atoms with Crippen molar-refractivity contribution in [1.29, 1.82) is 0 Å². The summed E-state index contributed by atoms with van der Waals surface area (Å²) in [6, 6.07) is 70.7. The van der Waals surface area contributed by atoms with Crippen molar-refractivity contribution in [3.8, 4) is 67.4 Å². The Hall–Kier alpha value is -7.27. The Morgan fingerprint density at radius 3 is 1.63 bits per heavy atom. The van der Waals surface area contributed by atoms with Gasteiger partial charge in [-0.15, -0.1) is 11.3 Å². The number of hydrogen-bond donors (Lipinski definition) is 0. The molecule has 0 saturated heterocycles. The summed E-state index contributed by atoms with van der Waals surface area (Å²) >= 11 is 1.86. The molecule has 3 nitrogen and oxygen atoms in total. The third-order valence-electron chi connectivity index (χ3n) is 10.9. The molecular weight excluding hydrogens is 711 g/mol. The van der Waals surface area contributed by atoms with Gasteiger partial charge in [0, 0.05) is 58.6 Å². The number of rotatable bonds is 6. The highest BCUT2D eigenvalue weighted by Crippen LogP contribution is 2.43. The van der Waals surface area contributed by atoms with Crippen molar-refractivity contribution in [3.05, 3.63) is 200 Å². The standard InChI is InChI=1S/C53H33N3S/c1-4-15-34(16-5-1)39-22-12-26-44-49(39)45-27-14-25-43(51(45)56-50(44)37-17-6-2-7-18-37)47-33-46(54-53(55-47)38-19-8-3-9-20-38)36-31-29-35(30-32-36)40-23-13-24-42-41-21-10-11-28-48(41)57-52(40)42/h1-33H. The number of fused-ring (bicyclic) bond motifs is 6. The van der Waals surface area contributed by atoms with Crippen molar-refractivity contribution >= 4 is 53.2 Å². The molecule has 0 aliphatic rings. The maximum atomic E-state index is 5.52. The van der Waals surface area contributed by atoms with Crippen LogP contribution in [0, 0.1) is 0 Å². The number of thiophene rings is 1. The van der Waals surface area contributed by atoms with Crippen molar-refractivity contribution in [2.75, 3.05) is 0 Å². The average molecular weight is 744 g/mol. The Kier molecular flexibility index (Phi) is 8.01. The van der Waals surface area contributed by atoms with Gasteiger partial charge in [-0.05, 0) is 34.4 Å². The molecule has 57 heavy (non-hydrogen) atoms. The SMILES string of the molecule is c1ccc(-c2nc(-c3ccc(-c4cccc5c4sc4ccccc45)cc3)cc(-c3cccc4c3nc(-c3ccccc3)c3cccc(-c5ccccc5)c34)n2)cc1. The fourth-order valence-corrected chi connectivity index (χ4v) is 9.44. The topological polar surface area (TPSA) is 38.7 Å². The molecule has 0 spiro atoms. The van der Waals surface area contributed by atoms with Crippen molar-refractivity contribution < 1.29 is 0 Å². The summed E-state index contributed by atoms with van der Waals surface area (Å²) in [5, 5.41) is 5.99. The number of para-hydroxylation sites is 1. The van der Waals surface area contributed by atoms with Crippen LogP contribution in [0.2, 0.25) is 0 Å². The fraction of sp³-hybridized carbons (Fsp3) is 0. The predicted molar refractivity (Wildman–Crippen MR) is 240 cm³/mol. The molecular formula is C53H33N3S. The van der Waals surface area contributed by atoms with Crippen LogP contribution < -0.4 is 0 Å². The molecule has 11 aromatic rings. The van der Waals surface area contributed by atoms with E-state index in [1.54, 1.807) is 0 Å². The van der Waals surface area contributed by atoms with Crippen molar-refractivity contribution in [1.82, 2.24) is 15.0 Å². The van der Waals surface area contributed by atoms with Crippen LogP contribution in [-0.4, -0.2) is 15.0 Å². The Balaban J connectivity index is 1.12. The summed E-state index contributed by atoms with van der Waals surface area (Å²) in [4.78, 5) is 16.0. The van der Waals surface area contributed by atoms with E-state index in [9.17, 15) is 0 Å². The second kappa shape index (κ2) is 13.8. The van der Waals surface area contributed by atoms with E-state index < -0.39 is 0 Å². The van der Waals surface area contributed by atoms with Gasteiger partial charge in [0.25, 0.3) is 0 Å². The second-order valence-corrected chi connectivity index (χ2v) is 15.4. The first kappa shape index (κ1) is 33.1. The largest absolute Gasteiger partial charge is 0.246 e. The summed E-state index contributed by atoms with van der Waals surface area (Å²) in [6.07, 6.45) is 0. The zero-order valence-corrected chi connectivity index (χ0v) is 31.6. The maximum absolute atomic E-state index is 5.52. The van der Waals surface area contributed by atoms with Crippen LogP contribution in [-0.2, 0) is 0 Å². The summed E-state index contributed by atoms with van der Waals surface area (Å²) < 4.78 is 2.62. The minimum Gasteiger partial charge on any atom is -0.246 e. The first-order valence-electron chi connectivity index (χ1n) is 19.2. The van der Waals surface area contributed by atoms with E-state index in [2.05, 4.69) is 182 Å². The molecule has 3 aromatic heterocycles. The Bertz CT molecular complexity index is 3260. The lowest BCUT2D eigenvalue weighted by Crippen LogP contribution is -1.98. The van der Waals surface area contributed by atoms with Crippen LogP contribution in [0.15, 0.2) is 200 Å². The molecule has 0 amide bonds. The predicted octanol–water partition coefficient (Wildman–Crippen LogP) is 14.5. The zero-order valence-electron chi connectivity index (χ0n) is 30.8. The molecule has 0 aliphatic carbocycles. The van der Waals surface area contributed by atoms with Crippen molar-refractivity contribution in [2.24, 2.45) is 0 Å². The normalized spacial score (nSPS) is 11.5. The highest BCUT2D eigenvalue weighted by molar-refractivity contribution is 7.26. The lowest BCUT2D eigenvalue weighted by molar-refractivity contribution is 1.18. The summed E-state index contributed by atoms with van der Waals surface area (Å²) in [5.74, 6) is 0.674. The Morgan fingerprint density at radius 1 is 0.333 bits per heavy atom. The van der Waals surface area contributed by atoms with E-state index in [-0.39, 0.29) is 0 Å². The van der Waals surface area contributed by atoms with Crippen LogP contribution in [0.5, 0.6) is 0 Å². The molecule has 0 saturated carbocycles. The first-order valence-corrected chi connectivity index (χ1v) is 20.0. The van der Waals surface area contributed by atoms with Gasteiger partial charge < -0.3 is 0 Å². The summed E-state index contributed by atoms with van der Waals surface area (Å²) in [5.41, 5.74) is 12.3. The molecule has 266 valence electrons. The van der Waals surface area contributed by atoms with E-state index in [0.29, 0.717) is 5.82 Å². The van der Waals surface area contributed by atoms with Crippen molar-refractivity contribution in [2.45, 2.75) is 0 Å². The van der Waals surface area contributed by atoms with Gasteiger partial charge in [-0.1, -0.05) is 188 Å². The van der Waals surface area contributed by atoms with Crippen LogP contribution in [0.25, 0.3) is 109 Å². The highest BCUT2D eigenvalue weighted by atomic mass is 32.1. The van der Waals surface area contributed by atoms with Gasteiger partial charge in [-0.25, -0.2) is 15.0 Å². The molecule has 0 N–H and O–H groups in total. The van der Waals surface area contributed by atoms with Crippen LogP contribution in [0.4, 0.5) is 0 Å². The second-order valence-electron chi connectivity index (χ2n) is 14.3. The van der Waals surface area contributed by atoms with Gasteiger partial charge in [-0.3, -0.25) is 0 Å². The van der Waals surface area contributed by atoms with Crippen LogP contribution in [0.1, 0.15) is 0 Å². The molecule has 0 radical (unpaired) electrons. The van der Waals surface area contributed by atoms with Gasteiger partial charge in [0.1, 0.15) is 0 Å². The minimum absolute atomic E-state index is 0.674. The third kappa shape index (κ3) is 5.78. The molecule has 11 rings (SSSR count). The quantitative estimate of drug-likeness (QED) is 0.159. The molecule has 3 heterocycles. The summed E-state index contributed by atoms with van der Waals surface area (Å²) in [7, 11) is 0. The van der Waals surface area contributed by atoms with Gasteiger partial charge in [0.15, 0.2) is 5.82 Å². The first-order chi connectivity index (χ1) is 28.3. The average Bonchev–Trinajstić information content (AvgIpc) is 3.68. The molecule has 0 bridgehead atoms. The van der Waals surface area contributed by atoms with E-state index >= 15 is 0 Å². The fourth-order valence-electron chi connectivity index (χ4n) is 8.20. The number of hydrogen-bond acceptors (Lipinski definition) is 4. The molecule has 0 unspecified atom stereocenters. The van der Waals surface area contributed by atoms with E-state index in [0.717, 1.165) is 55.6 Å². The minimum atomic E-state index is 0.674. The number of nitrogens with zero attached hydrogens (tertiary/aromatic N) is 3. The van der Waals surface area contributed by atoms with Gasteiger partial charge in [0.2, 0.25) is 0 Å². The maximum Gasteiger partial charge on any atom is 0.160 e. The monoisotopic (exact) mass is 743 g/mol. The van der Waals surface area contributed by atoms with Crippen LogP contribution >= 0.6 is 11.3 Å². The molecule has 0 aliphatic heterocycles. The molecule has 8 aromatic carbocycles. The highest BCUT2D eigenvalue weighted by Gasteiger charge is 2.19. The zero-order chi connectivity index (χ0) is 37.7. The van der Waals surface area contributed by atoms with E-state index in [1.807, 2.05) is 29.5 Å². The van der Waals surface area contributed by atoms with Crippen molar-refractivity contribution in [3.63, 3.8) is 0 Å². The van der Waals surface area contributed by atoms with E-state index in [1.165, 1.54) is 47.8 Å². The molecule has 4 heteroatoms. The smallest absolute Gasteiger partial charge is 0.160 e. The third-order valence-corrected chi connectivity index (χ3v) is 12.1. The summed E-state index contributed by atoms with van der Waals surface area (Å²) in [6.45, 7) is 0. The van der Waals surface area contributed by atoms with E-state index in [4.69, 9.17) is 15.0 Å². The molecule has 0 atom stereocenters. The molecule has 0 fully saturated rings. The number of aromatic nitrogens is 3. The number of benzene rings is 8. The Morgan fingerprint density at radius 2 is 0.877 bits per heavy atom. The van der Waals surface area contributed by atoms with Gasteiger partial charge >= 0.3 is 0 Å².